The van der Waals surface area contributed by atoms with Crippen LogP contribution in [0.15, 0.2) is 35.7 Å². The Hall–Kier alpha value is -1.78. The second-order valence-electron chi connectivity index (χ2n) is 7.03. The lowest BCUT2D eigenvalue weighted by molar-refractivity contribution is 0.262. The van der Waals surface area contributed by atoms with Crippen molar-refractivity contribution in [1.82, 2.24) is 0 Å². The fourth-order valence-corrected chi connectivity index (χ4v) is 3.57. The Bertz CT molecular complexity index is 699. The average Bonchev–Trinajstić information content (AvgIpc) is 3.38. The molecule has 1 aromatic heterocycles. The molecule has 1 saturated heterocycles. The molecule has 1 aromatic carbocycles. The summed E-state index contributed by atoms with van der Waals surface area (Å²) in [6.07, 6.45) is 9.44. The van der Waals surface area contributed by atoms with Crippen LogP contribution < -0.4 is 9.64 Å². The summed E-state index contributed by atoms with van der Waals surface area (Å²) in [6, 6.07) is 10.8. The number of hydrogen-bond acceptors (Lipinski definition) is 4. The molecule has 0 N–H and O–H groups in total. The van der Waals surface area contributed by atoms with E-state index in [4.69, 9.17) is 9.47 Å². The van der Waals surface area contributed by atoms with Crippen LogP contribution in [0.25, 0.3) is 12.2 Å². The van der Waals surface area contributed by atoms with Gasteiger partial charge in [0.2, 0.25) is 0 Å². The number of epoxide rings is 1. The quantitative estimate of drug-likeness (QED) is 0.413. The molecule has 0 amide bonds. The van der Waals surface area contributed by atoms with Gasteiger partial charge in [-0.1, -0.05) is 32.8 Å². The van der Waals surface area contributed by atoms with Gasteiger partial charge >= 0.3 is 0 Å². The molecule has 2 aromatic rings. The Morgan fingerprint density at radius 1 is 1.15 bits per heavy atom. The lowest BCUT2D eigenvalue weighted by Crippen LogP contribution is -2.25. The van der Waals surface area contributed by atoms with Gasteiger partial charge in [0, 0.05) is 35.3 Å². The Morgan fingerprint density at radius 3 is 2.56 bits per heavy atom. The van der Waals surface area contributed by atoms with Gasteiger partial charge < -0.3 is 14.4 Å². The third kappa shape index (κ3) is 6.40. The van der Waals surface area contributed by atoms with E-state index >= 15 is 0 Å². The number of rotatable bonds is 12. The van der Waals surface area contributed by atoms with E-state index in [1.807, 2.05) is 0 Å². The first-order valence-electron chi connectivity index (χ1n) is 10.1. The summed E-state index contributed by atoms with van der Waals surface area (Å²) >= 11 is 1.75. The molecule has 4 heteroatoms. The van der Waals surface area contributed by atoms with Gasteiger partial charge in [-0.3, -0.25) is 0 Å². The van der Waals surface area contributed by atoms with Crippen LogP contribution in [0.2, 0.25) is 0 Å². The van der Waals surface area contributed by atoms with Crippen LogP contribution in [0.5, 0.6) is 5.75 Å². The standard InChI is InChI=1S/C23H31NO2S/c1-3-5-13-24(14-6-4-2)20-11-9-19(10-12-22-8-7-15-27-22)23(16-20)26-18-21-17-25-21/h7-12,15-16,21H,3-6,13-14,17-18H2,1-2H3. The monoisotopic (exact) mass is 385 g/mol. The summed E-state index contributed by atoms with van der Waals surface area (Å²) in [4.78, 5) is 3.75. The summed E-state index contributed by atoms with van der Waals surface area (Å²) in [5.74, 6) is 0.953. The predicted octanol–water partition coefficient (Wildman–Crippen LogP) is 6.10. The number of thiophene rings is 1. The van der Waals surface area contributed by atoms with E-state index in [9.17, 15) is 0 Å². The zero-order valence-electron chi connectivity index (χ0n) is 16.5. The van der Waals surface area contributed by atoms with E-state index in [0.29, 0.717) is 6.61 Å². The van der Waals surface area contributed by atoms with Crippen LogP contribution in [0, 0.1) is 0 Å². The highest BCUT2D eigenvalue weighted by atomic mass is 32.1. The van der Waals surface area contributed by atoms with Crippen molar-refractivity contribution in [2.24, 2.45) is 0 Å². The van der Waals surface area contributed by atoms with Crippen LogP contribution >= 0.6 is 11.3 Å². The molecule has 1 atom stereocenters. The lowest BCUT2D eigenvalue weighted by atomic mass is 10.1. The third-order valence-electron chi connectivity index (χ3n) is 4.72. The van der Waals surface area contributed by atoms with E-state index in [-0.39, 0.29) is 6.10 Å². The van der Waals surface area contributed by atoms with Gasteiger partial charge in [0.05, 0.1) is 6.61 Å². The molecule has 3 nitrogen and oxygen atoms in total. The maximum absolute atomic E-state index is 6.13. The summed E-state index contributed by atoms with van der Waals surface area (Å²) in [5, 5.41) is 2.10. The number of ether oxygens (including phenoxy) is 2. The number of hydrogen-bond donors (Lipinski definition) is 0. The molecule has 0 spiro atoms. The first-order chi connectivity index (χ1) is 13.3. The van der Waals surface area contributed by atoms with Gasteiger partial charge in [0.1, 0.15) is 18.5 Å². The zero-order chi connectivity index (χ0) is 18.9. The molecule has 1 aliphatic rings. The number of unbranched alkanes of at least 4 members (excludes halogenated alkanes) is 2. The highest BCUT2D eigenvalue weighted by Crippen LogP contribution is 2.29. The highest BCUT2D eigenvalue weighted by Gasteiger charge is 2.23. The van der Waals surface area contributed by atoms with Gasteiger partial charge in [-0.05, 0) is 48.6 Å². The fraction of sp³-hybridized carbons (Fsp3) is 0.478. The van der Waals surface area contributed by atoms with E-state index in [1.54, 1.807) is 11.3 Å². The number of anilines is 1. The topological polar surface area (TPSA) is 25.0 Å². The molecular weight excluding hydrogens is 354 g/mol. The first kappa shape index (κ1) is 20.0. The molecule has 0 radical (unpaired) electrons. The maximum atomic E-state index is 6.13. The van der Waals surface area contributed by atoms with Crippen LogP contribution in [-0.4, -0.2) is 32.4 Å². The van der Waals surface area contributed by atoms with Crippen molar-refractivity contribution in [3.8, 4) is 5.75 Å². The largest absolute Gasteiger partial charge is 0.490 e. The molecule has 0 saturated carbocycles. The van der Waals surface area contributed by atoms with Crippen molar-refractivity contribution < 1.29 is 9.47 Å². The molecule has 0 bridgehead atoms. The van der Waals surface area contributed by atoms with Crippen molar-refractivity contribution >= 4 is 29.2 Å². The predicted molar refractivity (Wildman–Crippen MR) is 117 cm³/mol. The third-order valence-corrected chi connectivity index (χ3v) is 5.56. The molecule has 3 rings (SSSR count). The number of nitrogens with zero attached hydrogens (tertiary/aromatic N) is 1. The summed E-state index contributed by atoms with van der Waals surface area (Å²) in [6.45, 7) is 8.16. The van der Waals surface area contributed by atoms with Gasteiger partial charge in [0.15, 0.2) is 0 Å². The van der Waals surface area contributed by atoms with Crippen LogP contribution in [-0.2, 0) is 4.74 Å². The number of benzene rings is 1. The highest BCUT2D eigenvalue weighted by molar-refractivity contribution is 7.10. The zero-order valence-corrected chi connectivity index (χ0v) is 17.3. The smallest absolute Gasteiger partial charge is 0.128 e. The van der Waals surface area contributed by atoms with E-state index in [0.717, 1.165) is 31.0 Å². The van der Waals surface area contributed by atoms with Crippen LogP contribution in [0.3, 0.4) is 0 Å². The van der Waals surface area contributed by atoms with Crippen LogP contribution in [0.1, 0.15) is 50.0 Å². The normalized spacial score (nSPS) is 16.0. The van der Waals surface area contributed by atoms with Crippen molar-refractivity contribution in [3.05, 3.63) is 46.2 Å². The minimum Gasteiger partial charge on any atom is -0.490 e. The van der Waals surface area contributed by atoms with Crippen molar-refractivity contribution in [2.45, 2.75) is 45.6 Å². The van der Waals surface area contributed by atoms with Crippen molar-refractivity contribution in [3.63, 3.8) is 0 Å². The Balaban J connectivity index is 1.79. The minimum atomic E-state index is 0.263. The molecule has 27 heavy (non-hydrogen) atoms. The van der Waals surface area contributed by atoms with E-state index in [2.05, 4.69) is 66.6 Å². The first-order valence-corrected chi connectivity index (χ1v) is 11.0. The molecule has 146 valence electrons. The van der Waals surface area contributed by atoms with E-state index < -0.39 is 0 Å². The molecule has 1 fully saturated rings. The van der Waals surface area contributed by atoms with Crippen molar-refractivity contribution in [1.29, 1.82) is 0 Å². The Morgan fingerprint density at radius 2 is 1.93 bits per heavy atom. The molecule has 1 aliphatic heterocycles. The van der Waals surface area contributed by atoms with Crippen molar-refractivity contribution in [2.75, 3.05) is 31.2 Å². The van der Waals surface area contributed by atoms with Gasteiger partial charge in [-0.15, -0.1) is 11.3 Å². The summed E-state index contributed by atoms with van der Waals surface area (Å²) in [7, 11) is 0. The lowest BCUT2D eigenvalue weighted by Gasteiger charge is -2.25. The second-order valence-corrected chi connectivity index (χ2v) is 8.01. The van der Waals surface area contributed by atoms with Gasteiger partial charge in [-0.2, -0.15) is 0 Å². The SMILES string of the molecule is CCCCN(CCCC)c1ccc(C=Cc2cccs2)c(OCC2CO2)c1. The minimum absolute atomic E-state index is 0.263. The maximum Gasteiger partial charge on any atom is 0.128 e. The van der Waals surface area contributed by atoms with Gasteiger partial charge in [-0.25, -0.2) is 0 Å². The Labute approximate surface area is 167 Å². The fourth-order valence-electron chi connectivity index (χ4n) is 2.96. The Kier molecular flexibility index (Phi) is 7.79. The van der Waals surface area contributed by atoms with E-state index in [1.165, 1.54) is 36.2 Å². The van der Waals surface area contributed by atoms with Crippen LogP contribution in [0.4, 0.5) is 5.69 Å². The molecule has 2 heterocycles. The molecular formula is C23H31NO2S. The van der Waals surface area contributed by atoms with Gasteiger partial charge in [0.25, 0.3) is 0 Å². The summed E-state index contributed by atoms with van der Waals surface area (Å²) < 4.78 is 11.5. The second kappa shape index (κ2) is 10.5. The molecule has 1 unspecified atom stereocenters. The average molecular weight is 386 g/mol. The molecule has 0 aliphatic carbocycles. The summed E-state index contributed by atoms with van der Waals surface area (Å²) in [5.41, 5.74) is 2.38.